The van der Waals surface area contributed by atoms with E-state index in [2.05, 4.69) is 6.92 Å². The number of ether oxygens (including phenoxy) is 2. The molecule has 0 aliphatic heterocycles. The fraction of sp³-hybridized carbons (Fsp3) is 0.938. The molecule has 1 atom stereocenters. The van der Waals surface area contributed by atoms with Crippen LogP contribution >= 0.6 is 0 Å². The zero-order valence-corrected chi connectivity index (χ0v) is 24.6. The zero-order valence-electron chi connectivity index (χ0n) is 24.6. The molecule has 0 N–H and O–H groups in total. The molecule has 4 nitrogen and oxygen atoms in total. The molecule has 0 amide bonds. The Labute approximate surface area is 225 Å². The van der Waals surface area contributed by atoms with Crippen LogP contribution in [0.3, 0.4) is 0 Å². The number of rotatable bonds is 29. The molecule has 0 rings (SSSR count). The summed E-state index contributed by atoms with van der Waals surface area (Å²) >= 11 is 0. The van der Waals surface area contributed by atoms with Gasteiger partial charge in [0.05, 0.1) is 6.61 Å². The molecule has 1 unspecified atom stereocenters. The summed E-state index contributed by atoms with van der Waals surface area (Å²) in [5, 5.41) is 0. The summed E-state index contributed by atoms with van der Waals surface area (Å²) in [7, 11) is 1.75. The maximum atomic E-state index is 12.4. The van der Waals surface area contributed by atoms with Crippen molar-refractivity contribution in [3.63, 3.8) is 0 Å². The monoisotopic (exact) mass is 510 g/mol. The number of esters is 1. The average Bonchev–Trinajstić information content (AvgIpc) is 2.86. The molecule has 0 aromatic rings. The first-order valence-electron chi connectivity index (χ1n) is 15.8. The van der Waals surface area contributed by atoms with Gasteiger partial charge in [0, 0.05) is 13.7 Å². The normalized spacial score (nSPS) is 12.1. The van der Waals surface area contributed by atoms with E-state index in [0.29, 0.717) is 13.0 Å². The minimum atomic E-state index is -0.558. The lowest BCUT2D eigenvalue weighted by atomic mass is 9.97. The largest absolute Gasteiger partial charge is 0.465 e. The molecule has 0 bridgehead atoms. The summed E-state index contributed by atoms with van der Waals surface area (Å²) in [6.07, 6.45) is 29.9. The van der Waals surface area contributed by atoms with Crippen LogP contribution in [0.4, 0.5) is 0 Å². The van der Waals surface area contributed by atoms with Crippen LogP contribution in [-0.2, 0) is 19.1 Å². The first-order valence-corrected chi connectivity index (χ1v) is 15.8. The van der Waals surface area contributed by atoms with Gasteiger partial charge in [-0.15, -0.1) is 0 Å². The maximum absolute atomic E-state index is 12.4. The first-order chi connectivity index (χ1) is 17.6. The fourth-order valence-corrected chi connectivity index (χ4v) is 4.89. The quantitative estimate of drug-likeness (QED) is 0.0571. The van der Waals surface area contributed by atoms with Gasteiger partial charge in [0.1, 0.15) is 11.7 Å². The first kappa shape index (κ1) is 35.1. The highest BCUT2D eigenvalue weighted by atomic mass is 16.5. The van der Waals surface area contributed by atoms with E-state index in [0.717, 1.165) is 38.7 Å². The lowest BCUT2D eigenvalue weighted by Gasteiger charge is -2.13. The molecule has 0 spiro atoms. The van der Waals surface area contributed by atoms with Gasteiger partial charge in [0.15, 0.2) is 0 Å². The van der Waals surface area contributed by atoms with Crippen LogP contribution < -0.4 is 0 Å². The Morgan fingerprint density at radius 1 is 0.528 bits per heavy atom. The van der Waals surface area contributed by atoms with Crippen LogP contribution in [0.5, 0.6) is 0 Å². The van der Waals surface area contributed by atoms with Gasteiger partial charge < -0.3 is 9.47 Å². The molecule has 0 aliphatic carbocycles. The number of unbranched alkanes of at least 4 members (excludes halogenated alkanes) is 21. The van der Waals surface area contributed by atoms with Gasteiger partial charge in [0.2, 0.25) is 0 Å². The van der Waals surface area contributed by atoms with Crippen molar-refractivity contribution in [2.24, 2.45) is 5.92 Å². The van der Waals surface area contributed by atoms with E-state index in [1.54, 1.807) is 7.11 Å². The molecule has 0 radical (unpaired) electrons. The van der Waals surface area contributed by atoms with Crippen LogP contribution in [0, 0.1) is 5.92 Å². The van der Waals surface area contributed by atoms with E-state index < -0.39 is 5.92 Å². The van der Waals surface area contributed by atoms with Crippen molar-refractivity contribution in [1.29, 1.82) is 0 Å². The molecule has 0 heterocycles. The Bertz CT molecular complexity index is 477. The topological polar surface area (TPSA) is 52.6 Å². The highest BCUT2D eigenvalue weighted by Gasteiger charge is 2.24. The summed E-state index contributed by atoms with van der Waals surface area (Å²) in [6.45, 7) is 5.11. The number of Topliss-reactive ketones (excluding diaryl/α,β-unsaturated/α-hetero) is 1. The van der Waals surface area contributed by atoms with Crippen molar-refractivity contribution >= 4 is 11.8 Å². The van der Waals surface area contributed by atoms with Crippen LogP contribution in [0.1, 0.15) is 168 Å². The summed E-state index contributed by atoms with van der Waals surface area (Å²) in [4.78, 5) is 24.3. The lowest BCUT2D eigenvalue weighted by molar-refractivity contribution is -0.152. The minimum Gasteiger partial charge on any atom is -0.465 e. The van der Waals surface area contributed by atoms with E-state index >= 15 is 0 Å². The number of carbonyl (C=O) groups excluding carboxylic acids is 2. The van der Waals surface area contributed by atoms with Gasteiger partial charge in [0.25, 0.3) is 0 Å². The summed E-state index contributed by atoms with van der Waals surface area (Å²) < 4.78 is 10.5. The van der Waals surface area contributed by atoms with Crippen molar-refractivity contribution in [3.8, 4) is 0 Å². The fourth-order valence-electron chi connectivity index (χ4n) is 4.89. The molecule has 0 aromatic carbocycles. The summed E-state index contributed by atoms with van der Waals surface area (Å²) in [6, 6.07) is 0. The van der Waals surface area contributed by atoms with Gasteiger partial charge in [-0.2, -0.15) is 0 Å². The molecule has 214 valence electrons. The predicted molar refractivity (Wildman–Crippen MR) is 153 cm³/mol. The number of hydrogen-bond donors (Lipinski definition) is 0. The second kappa shape index (κ2) is 28.7. The average molecular weight is 511 g/mol. The smallest absolute Gasteiger partial charge is 0.316 e. The number of methoxy groups -OCH3 is 1. The minimum absolute atomic E-state index is 0.0444. The van der Waals surface area contributed by atoms with E-state index in [9.17, 15) is 9.59 Å². The molecule has 0 aliphatic rings. The third-order valence-electron chi connectivity index (χ3n) is 7.36. The van der Waals surface area contributed by atoms with Crippen molar-refractivity contribution < 1.29 is 19.1 Å². The molecule has 0 aromatic heterocycles. The maximum Gasteiger partial charge on any atom is 0.316 e. The number of carbonyl (C=O) groups is 2. The standard InChI is InChI=1S/C32H62O4/c1-4-5-6-7-8-9-10-11-12-13-14-15-16-18-21-24-27-31(30(2)33)32(34)36-29-26-23-20-17-19-22-25-28-35-3/h31H,4-29H2,1-3H3. The molecule has 0 saturated carbocycles. The Hall–Kier alpha value is -0.900. The molecule has 0 saturated heterocycles. The SMILES string of the molecule is CCCCCCCCCCCCCCCCCCC(C(C)=O)C(=O)OCCCCCCCCCOC. The Balaban J connectivity index is 3.54. The number of hydrogen-bond acceptors (Lipinski definition) is 4. The van der Waals surface area contributed by atoms with E-state index in [1.807, 2.05) is 0 Å². The Kier molecular flexibility index (Phi) is 28.0. The van der Waals surface area contributed by atoms with Crippen molar-refractivity contribution in [1.82, 2.24) is 0 Å². The van der Waals surface area contributed by atoms with Crippen LogP contribution in [0.15, 0.2) is 0 Å². The predicted octanol–water partition coefficient (Wildman–Crippen LogP) is 9.76. The van der Waals surface area contributed by atoms with Crippen LogP contribution in [0.25, 0.3) is 0 Å². The van der Waals surface area contributed by atoms with Gasteiger partial charge in [-0.25, -0.2) is 0 Å². The van der Waals surface area contributed by atoms with E-state index in [4.69, 9.17) is 9.47 Å². The molecule has 0 fully saturated rings. The van der Waals surface area contributed by atoms with Crippen molar-refractivity contribution in [3.05, 3.63) is 0 Å². The highest BCUT2D eigenvalue weighted by molar-refractivity contribution is 5.97. The van der Waals surface area contributed by atoms with E-state index in [-0.39, 0.29) is 11.8 Å². The second-order valence-electron chi connectivity index (χ2n) is 10.9. The number of ketones is 1. The Morgan fingerprint density at radius 3 is 1.28 bits per heavy atom. The second-order valence-corrected chi connectivity index (χ2v) is 10.9. The third-order valence-corrected chi connectivity index (χ3v) is 7.36. The molecule has 36 heavy (non-hydrogen) atoms. The zero-order chi connectivity index (χ0) is 26.5. The van der Waals surface area contributed by atoms with Gasteiger partial charge in [-0.05, 0) is 26.2 Å². The van der Waals surface area contributed by atoms with Gasteiger partial charge in [-0.1, -0.05) is 142 Å². The lowest BCUT2D eigenvalue weighted by Crippen LogP contribution is -2.24. The van der Waals surface area contributed by atoms with Gasteiger partial charge in [-0.3, -0.25) is 9.59 Å². The molecule has 4 heteroatoms. The Morgan fingerprint density at radius 2 is 0.889 bits per heavy atom. The van der Waals surface area contributed by atoms with Gasteiger partial charge >= 0.3 is 5.97 Å². The summed E-state index contributed by atoms with van der Waals surface area (Å²) in [5.41, 5.74) is 0. The third kappa shape index (κ3) is 24.8. The molecular formula is C32H62O4. The van der Waals surface area contributed by atoms with Crippen molar-refractivity contribution in [2.45, 2.75) is 168 Å². The highest BCUT2D eigenvalue weighted by Crippen LogP contribution is 2.17. The van der Waals surface area contributed by atoms with Crippen LogP contribution in [0.2, 0.25) is 0 Å². The van der Waals surface area contributed by atoms with Crippen molar-refractivity contribution in [2.75, 3.05) is 20.3 Å². The summed E-state index contributed by atoms with van der Waals surface area (Å²) in [5.74, 6) is -0.905. The van der Waals surface area contributed by atoms with E-state index in [1.165, 1.54) is 122 Å². The van der Waals surface area contributed by atoms with Crippen LogP contribution in [-0.4, -0.2) is 32.1 Å². The molecular weight excluding hydrogens is 448 g/mol.